The summed E-state index contributed by atoms with van der Waals surface area (Å²) >= 11 is 1.75. The summed E-state index contributed by atoms with van der Waals surface area (Å²) in [5.74, 6) is 1.38. The van der Waals surface area contributed by atoms with Crippen molar-refractivity contribution in [1.82, 2.24) is 14.9 Å². The number of rotatable bonds is 3. The van der Waals surface area contributed by atoms with E-state index < -0.39 is 0 Å². The Bertz CT molecular complexity index is 772. The second-order valence-electron chi connectivity index (χ2n) is 6.95. The number of thiophene rings is 1. The first-order valence-electron chi connectivity index (χ1n) is 8.90. The lowest BCUT2D eigenvalue weighted by atomic mass is 10.0. The lowest BCUT2D eigenvalue weighted by molar-refractivity contribution is -0.127. The van der Waals surface area contributed by atoms with Crippen LogP contribution >= 0.6 is 11.3 Å². The highest BCUT2D eigenvalue weighted by molar-refractivity contribution is 7.18. The summed E-state index contributed by atoms with van der Waals surface area (Å²) in [6, 6.07) is 0.374. The minimum Gasteiger partial charge on any atom is -0.351 e. The molecule has 0 N–H and O–H groups in total. The number of likely N-dealkylation sites (tertiary alicyclic amines) is 1. The maximum Gasteiger partial charge on any atom is 0.222 e. The second kappa shape index (κ2) is 6.31. The number of fused-ring (bicyclic) bond motifs is 1. The number of hydrogen-bond acceptors (Lipinski definition) is 5. The molecule has 2 aromatic heterocycles. The fourth-order valence-corrected chi connectivity index (χ4v) is 4.99. The Labute approximate surface area is 146 Å². The topological polar surface area (TPSA) is 49.3 Å². The van der Waals surface area contributed by atoms with Crippen molar-refractivity contribution in [2.75, 3.05) is 24.5 Å². The smallest absolute Gasteiger partial charge is 0.222 e. The van der Waals surface area contributed by atoms with Crippen LogP contribution in [0.15, 0.2) is 6.33 Å². The Balaban J connectivity index is 1.69. The van der Waals surface area contributed by atoms with Crippen LogP contribution in [0.4, 0.5) is 5.82 Å². The van der Waals surface area contributed by atoms with E-state index in [-0.39, 0.29) is 0 Å². The molecular weight excluding hydrogens is 320 g/mol. The van der Waals surface area contributed by atoms with Gasteiger partial charge < -0.3 is 9.80 Å². The minimum atomic E-state index is 0.316. The molecule has 24 heavy (non-hydrogen) atoms. The summed E-state index contributed by atoms with van der Waals surface area (Å²) in [7, 11) is 0. The maximum absolute atomic E-state index is 12.0. The zero-order valence-corrected chi connectivity index (χ0v) is 15.2. The number of aryl methyl sites for hydroxylation is 2. The fraction of sp³-hybridized carbons (Fsp3) is 0.611. The van der Waals surface area contributed by atoms with Gasteiger partial charge >= 0.3 is 0 Å². The first kappa shape index (κ1) is 15.8. The molecule has 2 fully saturated rings. The summed E-state index contributed by atoms with van der Waals surface area (Å²) in [6.07, 6.45) is 6.98. The molecule has 0 radical (unpaired) electrons. The Morgan fingerprint density at radius 1 is 1.21 bits per heavy atom. The van der Waals surface area contributed by atoms with Crippen LogP contribution in [-0.2, 0) is 4.79 Å². The lowest BCUT2D eigenvalue weighted by Gasteiger charge is -2.39. The molecular formula is C18H24N4OS. The molecule has 0 saturated carbocycles. The lowest BCUT2D eigenvalue weighted by Crippen LogP contribution is -2.47. The molecule has 0 bridgehead atoms. The molecule has 2 aliphatic heterocycles. The first-order valence-corrected chi connectivity index (χ1v) is 9.72. The number of hydrogen-bond donors (Lipinski definition) is 0. The fourth-order valence-electron chi connectivity index (χ4n) is 4.00. The van der Waals surface area contributed by atoms with Gasteiger partial charge in [-0.15, -0.1) is 11.3 Å². The highest BCUT2D eigenvalue weighted by atomic mass is 32.1. The van der Waals surface area contributed by atoms with Gasteiger partial charge in [-0.05, 0) is 45.1 Å². The van der Waals surface area contributed by atoms with Crippen molar-refractivity contribution in [2.45, 2.75) is 52.0 Å². The largest absolute Gasteiger partial charge is 0.351 e. The molecule has 0 aliphatic carbocycles. The van der Waals surface area contributed by atoms with Crippen molar-refractivity contribution in [3.8, 4) is 0 Å². The molecule has 2 saturated heterocycles. The minimum absolute atomic E-state index is 0.316. The number of anilines is 1. The van der Waals surface area contributed by atoms with E-state index in [1.807, 2.05) is 4.90 Å². The van der Waals surface area contributed by atoms with Crippen LogP contribution in [0.1, 0.15) is 42.5 Å². The zero-order valence-electron chi connectivity index (χ0n) is 14.4. The molecule has 128 valence electrons. The van der Waals surface area contributed by atoms with Crippen molar-refractivity contribution >= 4 is 33.3 Å². The van der Waals surface area contributed by atoms with Gasteiger partial charge in [0.15, 0.2) is 0 Å². The number of amides is 1. The summed E-state index contributed by atoms with van der Waals surface area (Å²) in [6.45, 7) is 7.10. The van der Waals surface area contributed by atoms with Gasteiger partial charge in [0.1, 0.15) is 17.0 Å². The SMILES string of the molecule is Cc1sc2ncnc(N3CCCCC3CN3CCCC3=O)c2c1C. The molecule has 5 nitrogen and oxygen atoms in total. The van der Waals surface area contributed by atoms with Gasteiger partial charge in [0.2, 0.25) is 5.91 Å². The maximum atomic E-state index is 12.0. The highest BCUT2D eigenvalue weighted by Gasteiger charge is 2.30. The second-order valence-corrected chi connectivity index (χ2v) is 8.15. The third kappa shape index (κ3) is 2.66. The van der Waals surface area contributed by atoms with Crippen molar-refractivity contribution in [1.29, 1.82) is 0 Å². The van der Waals surface area contributed by atoms with Crippen LogP contribution in [0.2, 0.25) is 0 Å². The third-order valence-electron chi connectivity index (χ3n) is 5.45. The molecule has 0 aromatic carbocycles. The van der Waals surface area contributed by atoms with E-state index in [1.165, 1.54) is 28.7 Å². The summed E-state index contributed by atoms with van der Waals surface area (Å²) < 4.78 is 0. The van der Waals surface area contributed by atoms with Crippen LogP contribution < -0.4 is 4.90 Å². The van der Waals surface area contributed by atoms with Crippen LogP contribution in [0.25, 0.3) is 10.2 Å². The van der Waals surface area contributed by atoms with Gasteiger partial charge in [-0.3, -0.25) is 4.79 Å². The normalized spacial score (nSPS) is 21.9. The highest BCUT2D eigenvalue weighted by Crippen LogP contribution is 2.36. The van der Waals surface area contributed by atoms with E-state index >= 15 is 0 Å². The van der Waals surface area contributed by atoms with E-state index in [0.29, 0.717) is 18.4 Å². The van der Waals surface area contributed by atoms with Gasteiger partial charge in [0.25, 0.3) is 0 Å². The zero-order chi connectivity index (χ0) is 16.7. The van der Waals surface area contributed by atoms with Gasteiger partial charge in [0, 0.05) is 37.0 Å². The quantitative estimate of drug-likeness (QED) is 0.857. The molecule has 1 atom stereocenters. The monoisotopic (exact) mass is 344 g/mol. The van der Waals surface area contributed by atoms with E-state index in [2.05, 4.69) is 28.7 Å². The Hall–Kier alpha value is -1.69. The van der Waals surface area contributed by atoms with Crippen LogP contribution in [0, 0.1) is 13.8 Å². The van der Waals surface area contributed by atoms with Crippen molar-refractivity contribution < 1.29 is 4.79 Å². The van der Waals surface area contributed by atoms with Crippen LogP contribution in [0.5, 0.6) is 0 Å². The standard InChI is InChI=1S/C18H24N4OS/c1-12-13(2)24-18-16(12)17(19-11-20-18)22-9-4-3-6-14(22)10-21-8-5-7-15(21)23/h11,14H,3-10H2,1-2H3. The van der Waals surface area contributed by atoms with Gasteiger partial charge in [-0.2, -0.15) is 0 Å². The van der Waals surface area contributed by atoms with Gasteiger partial charge in [0.05, 0.1) is 5.39 Å². The van der Waals surface area contributed by atoms with Gasteiger partial charge in [-0.25, -0.2) is 9.97 Å². The van der Waals surface area contributed by atoms with Crippen LogP contribution in [-0.4, -0.2) is 46.5 Å². The Morgan fingerprint density at radius 3 is 2.88 bits per heavy atom. The Morgan fingerprint density at radius 2 is 2.08 bits per heavy atom. The molecule has 1 unspecified atom stereocenters. The summed E-state index contributed by atoms with van der Waals surface area (Å²) in [5.41, 5.74) is 1.30. The number of nitrogens with zero attached hydrogens (tertiary/aromatic N) is 4. The molecule has 2 aromatic rings. The molecule has 1 amide bonds. The van der Waals surface area contributed by atoms with E-state index in [4.69, 9.17) is 0 Å². The number of carbonyl (C=O) groups excluding carboxylic acids is 1. The molecule has 0 spiro atoms. The molecule has 2 aliphatic rings. The summed E-state index contributed by atoms with van der Waals surface area (Å²) in [4.78, 5) is 28.1. The third-order valence-corrected chi connectivity index (χ3v) is 6.56. The number of aromatic nitrogens is 2. The average Bonchev–Trinajstić information content (AvgIpc) is 3.12. The molecule has 4 rings (SSSR count). The molecule has 6 heteroatoms. The number of carbonyl (C=O) groups is 1. The van der Waals surface area contributed by atoms with E-state index in [1.54, 1.807) is 17.7 Å². The summed E-state index contributed by atoms with van der Waals surface area (Å²) in [5, 5.41) is 1.21. The van der Waals surface area contributed by atoms with E-state index in [9.17, 15) is 4.79 Å². The predicted molar refractivity (Wildman–Crippen MR) is 97.7 cm³/mol. The molecule has 4 heterocycles. The predicted octanol–water partition coefficient (Wildman–Crippen LogP) is 3.29. The van der Waals surface area contributed by atoms with E-state index in [0.717, 1.165) is 43.1 Å². The van der Waals surface area contributed by atoms with Crippen LogP contribution in [0.3, 0.4) is 0 Å². The van der Waals surface area contributed by atoms with Crippen molar-refractivity contribution in [3.05, 3.63) is 16.8 Å². The number of piperidine rings is 1. The first-order chi connectivity index (χ1) is 11.6. The van der Waals surface area contributed by atoms with Crippen molar-refractivity contribution in [2.24, 2.45) is 0 Å². The van der Waals surface area contributed by atoms with Gasteiger partial charge in [-0.1, -0.05) is 0 Å². The van der Waals surface area contributed by atoms with Crippen molar-refractivity contribution in [3.63, 3.8) is 0 Å². The average molecular weight is 344 g/mol. The Kier molecular flexibility index (Phi) is 4.16.